The second-order valence-corrected chi connectivity index (χ2v) is 6.38. The van der Waals surface area contributed by atoms with Crippen LogP contribution in [-0.2, 0) is 0 Å². The maximum atomic E-state index is 11.0. The third kappa shape index (κ3) is 4.33. The number of hydrogen-bond acceptors (Lipinski definition) is 3. The number of anilines is 1. The van der Waals surface area contributed by atoms with Crippen molar-refractivity contribution in [1.29, 1.82) is 0 Å². The molecule has 0 spiro atoms. The molecule has 4 nitrogen and oxygen atoms in total. The van der Waals surface area contributed by atoms with E-state index in [1.165, 1.54) is 32.1 Å². The van der Waals surface area contributed by atoms with Gasteiger partial charge in [0.15, 0.2) is 0 Å². The summed E-state index contributed by atoms with van der Waals surface area (Å²) in [6, 6.07) is 5.31. The van der Waals surface area contributed by atoms with Crippen molar-refractivity contribution in [3.63, 3.8) is 0 Å². The van der Waals surface area contributed by atoms with Crippen LogP contribution in [0.1, 0.15) is 38.5 Å². The molecule has 0 aliphatic heterocycles. The highest BCUT2D eigenvalue weighted by atomic mass is 127. The van der Waals surface area contributed by atoms with Gasteiger partial charge in [-0.3, -0.25) is 10.1 Å². The fourth-order valence-corrected chi connectivity index (χ4v) is 3.19. The number of rotatable bonds is 6. The summed E-state index contributed by atoms with van der Waals surface area (Å²) in [4.78, 5) is 10.7. The average Bonchev–Trinajstić information content (AvgIpc) is 2.89. The minimum atomic E-state index is -0.318. The number of nitro benzene ring substituents is 1. The maximum Gasteiger partial charge on any atom is 0.293 e. The number of nitrogens with zero attached hydrogens (tertiary/aromatic N) is 1. The Morgan fingerprint density at radius 3 is 2.79 bits per heavy atom. The van der Waals surface area contributed by atoms with Crippen LogP contribution in [0.2, 0.25) is 0 Å². The Bertz CT molecular complexity index is 445. The van der Waals surface area contributed by atoms with Gasteiger partial charge < -0.3 is 5.32 Å². The lowest BCUT2D eigenvalue weighted by molar-refractivity contribution is -0.384. The molecule has 0 amide bonds. The third-order valence-electron chi connectivity index (χ3n) is 3.74. The van der Waals surface area contributed by atoms with Gasteiger partial charge >= 0.3 is 0 Å². The topological polar surface area (TPSA) is 55.2 Å². The molecule has 0 radical (unpaired) electrons. The van der Waals surface area contributed by atoms with E-state index in [0.717, 1.165) is 22.5 Å². The summed E-state index contributed by atoms with van der Waals surface area (Å²) in [7, 11) is 0. The molecule has 1 aromatic rings. The molecule has 0 atom stereocenters. The van der Waals surface area contributed by atoms with Gasteiger partial charge in [0.1, 0.15) is 5.69 Å². The van der Waals surface area contributed by atoms with Crippen molar-refractivity contribution in [3.05, 3.63) is 31.9 Å². The van der Waals surface area contributed by atoms with E-state index in [2.05, 4.69) is 27.9 Å². The average molecular weight is 374 g/mol. The van der Waals surface area contributed by atoms with Crippen molar-refractivity contribution in [2.75, 3.05) is 11.9 Å². The lowest BCUT2D eigenvalue weighted by Gasteiger charge is -2.10. The van der Waals surface area contributed by atoms with E-state index in [1.54, 1.807) is 12.1 Å². The van der Waals surface area contributed by atoms with Gasteiger partial charge in [-0.25, -0.2) is 0 Å². The first kappa shape index (κ1) is 14.6. The molecule has 1 saturated carbocycles. The van der Waals surface area contributed by atoms with E-state index in [-0.39, 0.29) is 10.6 Å². The van der Waals surface area contributed by atoms with Gasteiger partial charge in [-0.1, -0.05) is 25.7 Å². The normalized spacial score (nSPS) is 15.6. The van der Waals surface area contributed by atoms with E-state index in [1.807, 2.05) is 6.07 Å². The van der Waals surface area contributed by atoms with Gasteiger partial charge in [0.25, 0.3) is 5.69 Å². The van der Waals surface area contributed by atoms with E-state index in [4.69, 9.17) is 0 Å². The van der Waals surface area contributed by atoms with Gasteiger partial charge in [0.05, 0.1) is 4.92 Å². The van der Waals surface area contributed by atoms with Gasteiger partial charge in [0, 0.05) is 16.2 Å². The summed E-state index contributed by atoms with van der Waals surface area (Å²) < 4.78 is 0.890. The van der Waals surface area contributed by atoms with E-state index in [0.29, 0.717) is 5.69 Å². The number of hydrogen-bond donors (Lipinski definition) is 1. The van der Waals surface area contributed by atoms with Crippen LogP contribution >= 0.6 is 22.6 Å². The van der Waals surface area contributed by atoms with Crippen LogP contribution in [0.25, 0.3) is 0 Å². The zero-order valence-corrected chi connectivity index (χ0v) is 13.1. The maximum absolute atomic E-state index is 11.0. The molecule has 5 heteroatoms. The number of nitro groups is 1. The van der Waals surface area contributed by atoms with Crippen molar-refractivity contribution >= 4 is 34.0 Å². The fourth-order valence-electron chi connectivity index (χ4n) is 2.72. The lowest BCUT2D eigenvalue weighted by atomic mass is 10.0. The van der Waals surface area contributed by atoms with E-state index in [9.17, 15) is 10.1 Å². The number of halogens is 1. The lowest BCUT2D eigenvalue weighted by Crippen LogP contribution is -2.06. The summed E-state index contributed by atoms with van der Waals surface area (Å²) in [5, 5.41) is 14.2. The van der Waals surface area contributed by atoms with Crippen molar-refractivity contribution in [1.82, 2.24) is 0 Å². The first-order valence-electron chi connectivity index (χ1n) is 6.84. The molecule has 0 bridgehead atoms. The molecule has 0 unspecified atom stereocenters. The van der Waals surface area contributed by atoms with Crippen LogP contribution in [0.3, 0.4) is 0 Å². The minimum Gasteiger partial charge on any atom is -0.379 e. The molecule has 1 fully saturated rings. The molecule has 104 valence electrons. The monoisotopic (exact) mass is 374 g/mol. The summed E-state index contributed by atoms with van der Waals surface area (Å²) in [6.07, 6.45) is 7.81. The molecular formula is C14H19IN2O2. The van der Waals surface area contributed by atoms with Crippen molar-refractivity contribution < 1.29 is 4.92 Å². The summed E-state index contributed by atoms with van der Waals surface area (Å²) in [5.74, 6) is 0.883. The van der Waals surface area contributed by atoms with Crippen LogP contribution in [0.15, 0.2) is 18.2 Å². The highest BCUT2D eigenvalue weighted by molar-refractivity contribution is 14.1. The standard InChI is InChI=1S/C14H19IN2O2/c15-12-7-8-13(14(10-12)17(18)19)16-9-3-6-11-4-1-2-5-11/h7-8,10-11,16H,1-6,9H2. The molecule has 1 aliphatic carbocycles. The van der Waals surface area contributed by atoms with Crippen LogP contribution in [-0.4, -0.2) is 11.5 Å². The molecule has 1 N–H and O–H groups in total. The zero-order valence-electron chi connectivity index (χ0n) is 10.9. The van der Waals surface area contributed by atoms with E-state index < -0.39 is 0 Å². The summed E-state index contributed by atoms with van der Waals surface area (Å²) in [5.41, 5.74) is 0.810. The third-order valence-corrected chi connectivity index (χ3v) is 4.41. The van der Waals surface area contributed by atoms with Gasteiger partial charge in [-0.05, 0) is 53.5 Å². The first-order valence-corrected chi connectivity index (χ1v) is 7.92. The zero-order chi connectivity index (χ0) is 13.7. The Hall–Kier alpha value is -0.850. The molecule has 0 heterocycles. The molecular weight excluding hydrogens is 355 g/mol. The molecule has 2 rings (SSSR count). The van der Waals surface area contributed by atoms with Crippen molar-refractivity contribution in [2.24, 2.45) is 5.92 Å². The summed E-state index contributed by atoms with van der Waals surface area (Å²) in [6.45, 7) is 0.817. The van der Waals surface area contributed by atoms with Crippen LogP contribution in [0, 0.1) is 19.6 Å². The largest absolute Gasteiger partial charge is 0.379 e. The van der Waals surface area contributed by atoms with Gasteiger partial charge in [0.2, 0.25) is 0 Å². The smallest absolute Gasteiger partial charge is 0.293 e. The number of benzene rings is 1. The Balaban J connectivity index is 1.83. The Labute approximate surface area is 127 Å². The second kappa shape index (κ2) is 7.07. The Morgan fingerprint density at radius 1 is 1.37 bits per heavy atom. The van der Waals surface area contributed by atoms with Crippen LogP contribution in [0.5, 0.6) is 0 Å². The SMILES string of the molecule is O=[N+]([O-])c1cc(I)ccc1NCCCC1CCCC1. The fraction of sp³-hybridized carbons (Fsp3) is 0.571. The molecule has 0 aromatic heterocycles. The van der Waals surface area contributed by atoms with E-state index >= 15 is 0 Å². The molecule has 1 aliphatic rings. The molecule has 0 saturated heterocycles. The first-order chi connectivity index (χ1) is 9.16. The predicted octanol–water partition coefficient (Wildman–Crippen LogP) is 4.58. The van der Waals surface area contributed by atoms with Gasteiger partial charge in [-0.15, -0.1) is 0 Å². The quantitative estimate of drug-likeness (QED) is 0.343. The van der Waals surface area contributed by atoms with Gasteiger partial charge in [-0.2, -0.15) is 0 Å². The highest BCUT2D eigenvalue weighted by Gasteiger charge is 2.15. The van der Waals surface area contributed by atoms with Crippen LogP contribution < -0.4 is 5.32 Å². The predicted molar refractivity (Wildman–Crippen MR) is 85.5 cm³/mol. The molecule has 19 heavy (non-hydrogen) atoms. The van der Waals surface area contributed by atoms with Crippen LogP contribution in [0.4, 0.5) is 11.4 Å². The Kier molecular flexibility index (Phi) is 5.42. The molecule has 1 aromatic carbocycles. The number of nitrogens with one attached hydrogen (secondary N) is 1. The minimum absolute atomic E-state index is 0.174. The Morgan fingerprint density at radius 2 is 2.11 bits per heavy atom. The van der Waals surface area contributed by atoms with Crippen molar-refractivity contribution in [2.45, 2.75) is 38.5 Å². The second-order valence-electron chi connectivity index (χ2n) is 5.14. The summed E-state index contributed by atoms with van der Waals surface area (Å²) >= 11 is 2.09. The van der Waals surface area contributed by atoms with Crippen molar-refractivity contribution in [3.8, 4) is 0 Å². The highest BCUT2D eigenvalue weighted by Crippen LogP contribution is 2.29.